The van der Waals surface area contributed by atoms with E-state index in [0.717, 1.165) is 0 Å². The molecular weight excluding hydrogens is 506 g/mol. The van der Waals surface area contributed by atoms with Crippen LogP contribution in [0.15, 0.2) is 86.1 Å². The van der Waals surface area contributed by atoms with E-state index in [0.29, 0.717) is 11.5 Å². The van der Waals surface area contributed by atoms with Crippen molar-refractivity contribution in [3.8, 4) is 0 Å². The molecule has 1 unspecified atom stereocenters. The number of furan rings is 2. The number of benzene rings is 1. The van der Waals surface area contributed by atoms with E-state index in [9.17, 15) is 22.8 Å². The summed E-state index contributed by atoms with van der Waals surface area (Å²) >= 11 is 0. The minimum atomic E-state index is -3.85. The van der Waals surface area contributed by atoms with Gasteiger partial charge in [-0.2, -0.15) is 0 Å². The smallest absolute Gasteiger partial charge is 0.338 e. The van der Waals surface area contributed by atoms with Gasteiger partial charge >= 0.3 is 18.0 Å². The number of carbonyl (C=O) groups is 3. The minimum Gasteiger partial charge on any atom is -0.468 e. The maximum Gasteiger partial charge on any atom is 0.338 e. The largest absolute Gasteiger partial charge is 0.468 e. The van der Waals surface area contributed by atoms with E-state index in [2.05, 4.69) is 15.4 Å². The first-order chi connectivity index (χ1) is 17.8. The second-order valence-corrected chi connectivity index (χ2v) is 9.43. The Balaban J connectivity index is 1.47. The molecule has 3 N–H and O–H groups in total. The van der Waals surface area contributed by atoms with E-state index in [1.165, 1.54) is 36.8 Å². The van der Waals surface area contributed by atoms with Crippen molar-refractivity contribution < 1.29 is 41.1 Å². The normalized spacial score (nSPS) is 15.6. The Bertz CT molecular complexity index is 1390. The fraction of sp³-hybridized carbons (Fsp3) is 0.208. The van der Waals surface area contributed by atoms with Crippen molar-refractivity contribution in [1.29, 1.82) is 0 Å². The fourth-order valence-electron chi connectivity index (χ4n) is 3.50. The van der Waals surface area contributed by atoms with E-state index in [4.69, 9.17) is 18.3 Å². The standard InChI is InChI=1S/C24H23N3O9S/c1-2-33-23(29)20-18(26-24(30)27-21(20)19-6-4-12-35-19)14-36-22(28)15-7-9-17(10-8-15)37(31,32)25-13-16-5-3-11-34-16/h3-12,21,25H,2,13-14H2,1H3,(H2,26,27,30). The number of nitrogens with one attached hydrogen (secondary N) is 3. The molecule has 0 aliphatic carbocycles. The average molecular weight is 530 g/mol. The Morgan fingerprint density at radius 1 is 1.00 bits per heavy atom. The molecular formula is C24H23N3O9S. The zero-order valence-electron chi connectivity index (χ0n) is 19.6. The number of ether oxygens (including phenoxy) is 2. The Hall–Kier alpha value is -4.36. The second kappa shape index (κ2) is 11.1. The van der Waals surface area contributed by atoms with E-state index in [1.807, 2.05) is 0 Å². The molecule has 2 aromatic heterocycles. The van der Waals surface area contributed by atoms with Crippen LogP contribution in [0.5, 0.6) is 0 Å². The minimum absolute atomic E-state index is 0.0215. The number of amides is 2. The maximum atomic E-state index is 12.7. The number of hydrogen-bond acceptors (Lipinski definition) is 9. The summed E-state index contributed by atoms with van der Waals surface area (Å²) < 4.78 is 48.2. The van der Waals surface area contributed by atoms with Gasteiger partial charge in [-0.05, 0) is 55.5 Å². The predicted molar refractivity (Wildman–Crippen MR) is 126 cm³/mol. The van der Waals surface area contributed by atoms with Crippen molar-refractivity contribution in [3.63, 3.8) is 0 Å². The van der Waals surface area contributed by atoms with E-state index >= 15 is 0 Å². The molecule has 12 nitrogen and oxygen atoms in total. The van der Waals surface area contributed by atoms with Crippen molar-refractivity contribution in [2.45, 2.75) is 24.4 Å². The first-order valence-electron chi connectivity index (χ1n) is 11.1. The molecule has 194 valence electrons. The van der Waals surface area contributed by atoms with Crippen LogP contribution in [0.25, 0.3) is 0 Å². The molecule has 3 heterocycles. The topological polar surface area (TPSA) is 166 Å². The average Bonchev–Trinajstić information content (AvgIpc) is 3.61. The molecule has 0 radical (unpaired) electrons. The predicted octanol–water partition coefficient (Wildman–Crippen LogP) is 2.38. The van der Waals surface area contributed by atoms with E-state index < -0.39 is 40.6 Å². The molecule has 0 spiro atoms. The van der Waals surface area contributed by atoms with Crippen molar-refractivity contribution >= 4 is 28.0 Å². The summed E-state index contributed by atoms with van der Waals surface area (Å²) in [6.07, 6.45) is 2.82. The molecule has 0 saturated heterocycles. The van der Waals surface area contributed by atoms with Crippen LogP contribution in [0.2, 0.25) is 0 Å². The summed E-state index contributed by atoms with van der Waals surface area (Å²) in [5.41, 5.74) is 0.109. The van der Waals surface area contributed by atoms with Crippen molar-refractivity contribution in [1.82, 2.24) is 15.4 Å². The van der Waals surface area contributed by atoms with Gasteiger partial charge in [-0.25, -0.2) is 27.5 Å². The Kier molecular flexibility index (Phi) is 7.74. The maximum absolute atomic E-state index is 12.7. The van der Waals surface area contributed by atoms with Gasteiger partial charge in [0.2, 0.25) is 10.0 Å². The number of hydrogen-bond donors (Lipinski definition) is 3. The van der Waals surface area contributed by atoms with Crippen LogP contribution in [0.3, 0.4) is 0 Å². The summed E-state index contributed by atoms with van der Waals surface area (Å²) in [6, 6.07) is 9.96. The molecule has 0 fully saturated rings. The summed E-state index contributed by atoms with van der Waals surface area (Å²) in [7, 11) is -3.85. The summed E-state index contributed by atoms with van der Waals surface area (Å²) in [5, 5.41) is 5.06. The first kappa shape index (κ1) is 25.7. The fourth-order valence-corrected chi connectivity index (χ4v) is 4.50. The number of carbonyl (C=O) groups excluding carboxylic acids is 3. The molecule has 0 bridgehead atoms. The molecule has 13 heteroatoms. The third-order valence-electron chi connectivity index (χ3n) is 5.24. The number of sulfonamides is 1. The van der Waals surface area contributed by atoms with Crippen molar-refractivity contribution in [2.75, 3.05) is 13.2 Å². The van der Waals surface area contributed by atoms with Gasteiger partial charge in [0.1, 0.15) is 24.2 Å². The SMILES string of the molecule is CCOC(=O)C1=C(COC(=O)c2ccc(S(=O)(=O)NCc3ccco3)cc2)NC(=O)NC1c1ccco1. The lowest BCUT2D eigenvalue weighted by Gasteiger charge is -2.27. The number of esters is 2. The molecule has 1 atom stereocenters. The highest BCUT2D eigenvalue weighted by Gasteiger charge is 2.35. The molecule has 0 saturated carbocycles. The lowest BCUT2D eigenvalue weighted by Crippen LogP contribution is -2.47. The Morgan fingerprint density at radius 3 is 2.38 bits per heavy atom. The summed E-state index contributed by atoms with van der Waals surface area (Å²) in [6.45, 7) is 1.23. The number of urea groups is 1. The van der Waals surface area contributed by atoms with Gasteiger partial charge in [-0.3, -0.25) is 0 Å². The molecule has 1 aliphatic rings. The lowest BCUT2D eigenvalue weighted by atomic mass is 10.0. The van der Waals surface area contributed by atoms with Crippen LogP contribution < -0.4 is 15.4 Å². The van der Waals surface area contributed by atoms with Gasteiger partial charge in [0.05, 0.1) is 47.4 Å². The molecule has 1 aliphatic heterocycles. The highest BCUT2D eigenvalue weighted by Crippen LogP contribution is 2.28. The van der Waals surface area contributed by atoms with Crippen molar-refractivity contribution in [3.05, 3.63) is 89.4 Å². The molecule has 3 aromatic rings. The van der Waals surface area contributed by atoms with Gasteiger partial charge in [0.25, 0.3) is 0 Å². The number of rotatable bonds is 10. The van der Waals surface area contributed by atoms with Gasteiger partial charge < -0.3 is 28.9 Å². The lowest BCUT2D eigenvalue weighted by molar-refractivity contribution is -0.139. The zero-order chi connectivity index (χ0) is 26.4. The first-order valence-corrected chi connectivity index (χ1v) is 12.6. The molecule has 37 heavy (non-hydrogen) atoms. The van der Waals surface area contributed by atoms with Crippen LogP contribution in [0.4, 0.5) is 4.79 Å². The van der Waals surface area contributed by atoms with Crippen LogP contribution >= 0.6 is 0 Å². The second-order valence-electron chi connectivity index (χ2n) is 7.66. The van der Waals surface area contributed by atoms with Gasteiger partial charge in [-0.15, -0.1) is 0 Å². The molecule has 4 rings (SSSR count). The Morgan fingerprint density at radius 2 is 1.73 bits per heavy atom. The Labute approximate surface area is 211 Å². The van der Waals surface area contributed by atoms with Gasteiger partial charge in [0.15, 0.2) is 0 Å². The van der Waals surface area contributed by atoms with Crippen LogP contribution in [0.1, 0.15) is 34.8 Å². The monoisotopic (exact) mass is 529 g/mol. The van der Waals surface area contributed by atoms with Crippen LogP contribution in [-0.2, 0) is 30.8 Å². The molecule has 1 aromatic carbocycles. The molecule has 2 amide bonds. The zero-order valence-corrected chi connectivity index (χ0v) is 20.4. The summed E-state index contributed by atoms with van der Waals surface area (Å²) in [4.78, 5) is 37.5. The highest BCUT2D eigenvalue weighted by molar-refractivity contribution is 7.89. The van der Waals surface area contributed by atoms with Crippen LogP contribution in [0, 0.1) is 0 Å². The highest BCUT2D eigenvalue weighted by atomic mass is 32.2. The van der Waals surface area contributed by atoms with E-state index in [1.54, 1.807) is 31.2 Å². The van der Waals surface area contributed by atoms with Crippen molar-refractivity contribution in [2.24, 2.45) is 0 Å². The summed E-state index contributed by atoms with van der Waals surface area (Å²) in [5.74, 6) is -0.789. The quantitative estimate of drug-likeness (QED) is 0.334. The van der Waals surface area contributed by atoms with Crippen LogP contribution in [-0.4, -0.2) is 39.6 Å². The van der Waals surface area contributed by atoms with Gasteiger partial charge in [0, 0.05) is 0 Å². The van der Waals surface area contributed by atoms with E-state index in [-0.39, 0.29) is 34.9 Å². The van der Waals surface area contributed by atoms with Gasteiger partial charge in [-0.1, -0.05) is 0 Å². The third kappa shape index (κ3) is 6.08. The third-order valence-corrected chi connectivity index (χ3v) is 6.66.